The van der Waals surface area contributed by atoms with Gasteiger partial charge in [-0.15, -0.1) is 0 Å². The van der Waals surface area contributed by atoms with Crippen LogP contribution in [0.1, 0.15) is 11.5 Å². The van der Waals surface area contributed by atoms with Gasteiger partial charge in [0.1, 0.15) is 17.4 Å². The highest BCUT2D eigenvalue weighted by Gasteiger charge is 2.22. The fourth-order valence-corrected chi connectivity index (χ4v) is 3.31. The minimum Gasteiger partial charge on any atom is -0.457 e. The zero-order valence-corrected chi connectivity index (χ0v) is 14.7. The quantitative estimate of drug-likeness (QED) is 0.275. The summed E-state index contributed by atoms with van der Waals surface area (Å²) in [5.41, 5.74) is 7.20. The zero-order chi connectivity index (χ0) is 18.4. The lowest BCUT2D eigenvalue weighted by molar-refractivity contribution is 0.477. The molecule has 0 aliphatic heterocycles. The highest BCUT2D eigenvalue weighted by Crippen LogP contribution is 2.36. The van der Waals surface area contributed by atoms with Crippen molar-refractivity contribution in [2.24, 2.45) is 0 Å². The Morgan fingerprint density at radius 3 is 2.35 bits per heavy atom. The summed E-state index contributed by atoms with van der Waals surface area (Å²) < 4.78 is 5.93. The van der Waals surface area contributed by atoms with E-state index in [1.807, 2.05) is 72.8 Å². The Hall–Kier alpha value is -3.23. The van der Waals surface area contributed by atoms with E-state index in [1.54, 1.807) is 6.07 Å². The molecule has 26 heavy (non-hydrogen) atoms. The third kappa shape index (κ3) is 4.05. The Morgan fingerprint density at radius 1 is 0.962 bits per heavy atom. The van der Waals surface area contributed by atoms with Gasteiger partial charge in [-0.3, -0.25) is 5.41 Å². The van der Waals surface area contributed by atoms with Crippen LogP contribution in [-0.2, 0) is 0 Å². The standard InChI is InChI=1S/C21H17N3OS/c22-14-17(21(24)26-20-13-7-5-11-18(20)23)16-10-4-6-12-19(16)25-15-8-2-1-3-9-15/h1-13,17,24H,23H2. The number of anilines is 1. The van der Waals surface area contributed by atoms with Crippen molar-refractivity contribution in [1.82, 2.24) is 0 Å². The van der Waals surface area contributed by atoms with Crippen LogP contribution in [0, 0.1) is 16.7 Å². The Balaban J connectivity index is 1.87. The molecule has 0 radical (unpaired) electrons. The van der Waals surface area contributed by atoms with Crippen LogP contribution in [0.3, 0.4) is 0 Å². The topological polar surface area (TPSA) is 82.9 Å². The fraction of sp³-hybridized carbons (Fsp3) is 0.0476. The van der Waals surface area contributed by atoms with Crippen LogP contribution in [0.4, 0.5) is 5.69 Å². The van der Waals surface area contributed by atoms with Crippen molar-refractivity contribution in [3.63, 3.8) is 0 Å². The van der Waals surface area contributed by atoms with Crippen LogP contribution < -0.4 is 10.5 Å². The van der Waals surface area contributed by atoms with Crippen molar-refractivity contribution in [3.8, 4) is 17.6 Å². The molecule has 3 rings (SSSR count). The lowest BCUT2D eigenvalue weighted by Crippen LogP contribution is -2.08. The molecule has 3 aromatic rings. The smallest absolute Gasteiger partial charge is 0.132 e. The minimum atomic E-state index is -0.737. The van der Waals surface area contributed by atoms with E-state index < -0.39 is 5.92 Å². The van der Waals surface area contributed by atoms with E-state index in [9.17, 15) is 5.26 Å². The van der Waals surface area contributed by atoms with Crippen LogP contribution in [0.25, 0.3) is 0 Å². The molecule has 3 aromatic carbocycles. The van der Waals surface area contributed by atoms with E-state index in [1.165, 1.54) is 11.8 Å². The second-order valence-electron chi connectivity index (χ2n) is 5.52. The summed E-state index contributed by atoms with van der Waals surface area (Å²) in [5.74, 6) is 0.513. The van der Waals surface area contributed by atoms with E-state index in [2.05, 4.69) is 6.07 Å². The summed E-state index contributed by atoms with van der Waals surface area (Å²) in [6, 6.07) is 26.2. The number of nitriles is 1. The van der Waals surface area contributed by atoms with Crippen molar-refractivity contribution in [2.75, 3.05) is 5.73 Å². The molecule has 5 heteroatoms. The van der Waals surface area contributed by atoms with E-state index in [0.717, 1.165) is 4.90 Å². The Morgan fingerprint density at radius 2 is 1.62 bits per heavy atom. The molecule has 0 amide bonds. The second-order valence-corrected chi connectivity index (χ2v) is 6.60. The maximum Gasteiger partial charge on any atom is 0.132 e. The number of thioether (sulfide) groups is 1. The molecule has 0 aliphatic rings. The first kappa shape index (κ1) is 17.6. The predicted molar refractivity (Wildman–Crippen MR) is 106 cm³/mol. The number of rotatable bonds is 5. The third-order valence-electron chi connectivity index (χ3n) is 3.73. The first-order chi connectivity index (χ1) is 12.7. The summed E-state index contributed by atoms with van der Waals surface area (Å²) in [5, 5.41) is 18.3. The molecule has 0 bridgehead atoms. The maximum atomic E-state index is 9.70. The van der Waals surface area contributed by atoms with Gasteiger partial charge in [0.05, 0.1) is 11.1 Å². The Kier molecular flexibility index (Phi) is 5.57. The summed E-state index contributed by atoms with van der Waals surface area (Å²) in [6.45, 7) is 0. The molecule has 1 atom stereocenters. The van der Waals surface area contributed by atoms with E-state index in [4.69, 9.17) is 15.9 Å². The van der Waals surface area contributed by atoms with E-state index in [-0.39, 0.29) is 5.04 Å². The summed E-state index contributed by atoms with van der Waals surface area (Å²) >= 11 is 1.19. The van der Waals surface area contributed by atoms with Crippen molar-refractivity contribution in [3.05, 3.63) is 84.4 Å². The van der Waals surface area contributed by atoms with Gasteiger partial charge in [0.25, 0.3) is 0 Å². The maximum absolute atomic E-state index is 9.70. The molecule has 0 spiro atoms. The monoisotopic (exact) mass is 359 g/mol. The van der Waals surface area contributed by atoms with Crippen LogP contribution in [0.2, 0.25) is 0 Å². The van der Waals surface area contributed by atoms with Gasteiger partial charge in [-0.1, -0.05) is 60.3 Å². The van der Waals surface area contributed by atoms with Gasteiger partial charge < -0.3 is 10.5 Å². The minimum absolute atomic E-state index is 0.203. The predicted octanol–water partition coefficient (Wildman–Crippen LogP) is 5.44. The molecule has 0 fully saturated rings. The van der Waals surface area contributed by atoms with Gasteiger partial charge in [0.2, 0.25) is 0 Å². The summed E-state index contributed by atoms with van der Waals surface area (Å²) in [4.78, 5) is 0.763. The van der Waals surface area contributed by atoms with E-state index in [0.29, 0.717) is 22.7 Å². The first-order valence-electron chi connectivity index (χ1n) is 8.01. The van der Waals surface area contributed by atoms with Gasteiger partial charge >= 0.3 is 0 Å². The molecule has 0 saturated heterocycles. The summed E-state index contributed by atoms with van der Waals surface area (Å²) in [7, 11) is 0. The fourth-order valence-electron chi connectivity index (χ4n) is 2.45. The molecule has 0 saturated carbocycles. The lowest BCUT2D eigenvalue weighted by atomic mass is 10.0. The van der Waals surface area contributed by atoms with Gasteiger partial charge in [-0.25, -0.2) is 0 Å². The molecule has 128 valence electrons. The molecule has 0 aromatic heterocycles. The SMILES string of the molecule is N#CC(C(=N)Sc1ccccc1N)c1ccccc1Oc1ccccc1. The molecule has 0 aliphatic carbocycles. The van der Waals surface area contributed by atoms with Crippen molar-refractivity contribution < 1.29 is 4.74 Å². The number of nitrogens with zero attached hydrogens (tertiary/aromatic N) is 1. The van der Waals surface area contributed by atoms with Gasteiger partial charge in [0, 0.05) is 16.1 Å². The normalized spacial score (nSPS) is 11.3. The zero-order valence-electron chi connectivity index (χ0n) is 13.9. The van der Waals surface area contributed by atoms with E-state index >= 15 is 0 Å². The third-order valence-corrected chi connectivity index (χ3v) is 4.78. The first-order valence-corrected chi connectivity index (χ1v) is 8.83. The molecule has 3 N–H and O–H groups in total. The van der Waals surface area contributed by atoms with Crippen LogP contribution in [-0.4, -0.2) is 5.04 Å². The Labute approximate surface area is 156 Å². The van der Waals surface area contributed by atoms with Gasteiger partial charge in [-0.05, 0) is 30.3 Å². The molecule has 4 nitrogen and oxygen atoms in total. The largest absolute Gasteiger partial charge is 0.457 e. The molecule has 1 unspecified atom stereocenters. The average molecular weight is 359 g/mol. The van der Waals surface area contributed by atoms with Crippen LogP contribution in [0.15, 0.2) is 83.8 Å². The number of hydrogen-bond donors (Lipinski definition) is 2. The van der Waals surface area contributed by atoms with Crippen LogP contribution >= 0.6 is 11.8 Å². The van der Waals surface area contributed by atoms with Gasteiger partial charge in [0.15, 0.2) is 0 Å². The highest BCUT2D eigenvalue weighted by molar-refractivity contribution is 8.14. The number of nitrogens with one attached hydrogen (secondary N) is 1. The number of nitrogen functional groups attached to an aromatic ring is 1. The number of hydrogen-bond acceptors (Lipinski definition) is 5. The second kappa shape index (κ2) is 8.24. The number of para-hydroxylation sites is 3. The van der Waals surface area contributed by atoms with Crippen molar-refractivity contribution >= 4 is 22.5 Å². The lowest BCUT2D eigenvalue weighted by Gasteiger charge is -2.16. The highest BCUT2D eigenvalue weighted by atomic mass is 32.2. The van der Waals surface area contributed by atoms with Crippen LogP contribution in [0.5, 0.6) is 11.5 Å². The number of nitrogens with two attached hydrogens (primary N) is 1. The molecular weight excluding hydrogens is 342 g/mol. The van der Waals surface area contributed by atoms with Crippen molar-refractivity contribution in [2.45, 2.75) is 10.8 Å². The Bertz CT molecular complexity index is 951. The molecule has 0 heterocycles. The van der Waals surface area contributed by atoms with Gasteiger partial charge in [-0.2, -0.15) is 5.26 Å². The molecular formula is C21H17N3OS. The summed E-state index contributed by atoms with van der Waals surface area (Å²) in [6.07, 6.45) is 0. The average Bonchev–Trinajstić information content (AvgIpc) is 2.66. The van der Waals surface area contributed by atoms with Crippen molar-refractivity contribution in [1.29, 1.82) is 10.7 Å². The number of ether oxygens (including phenoxy) is 1. The number of benzene rings is 3.